The first-order chi connectivity index (χ1) is 18.5. The topological polar surface area (TPSA) is 146 Å². The van der Waals surface area contributed by atoms with Crippen LogP contribution in [0, 0.1) is 11.6 Å². The number of halogens is 3. The molecule has 3 amide bonds. The summed E-state index contributed by atoms with van der Waals surface area (Å²) in [5, 5.41) is 9.56. The molecule has 0 radical (unpaired) electrons. The standard InChI is InChI=1S/C23H23ClF2N4O8S/c24-14-1-3-15(4-2-14)38-20-17(25)11-16(12-18(20)26)39(35,36)30-6-5-29(13-19(30)21(31)27-34)23(33)22(32)28-7-9-37-10-8-28/h1-4,11-12,19,34H,5-10,13H2,(H,27,31)/t19-/m1/s1. The molecule has 4 rings (SSSR count). The molecule has 0 saturated carbocycles. The van der Waals surface area contributed by atoms with Crippen molar-refractivity contribution in [1.82, 2.24) is 19.6 Å². The third-order valence-electron chi connectivity index (χ3n) is 6.12. The summed E-state index contributed by atoms with van der Waals surface area (Å²) in [5.74, 6) is -6.52. The van der Waals surface area contributed by atoms with Gasteiger partial charge in [0.25, 0.3) is 5.91 Å². The van der Waals surface area contributed by atoms with E-state index in [-0.39, 0.29) is 38.6 Å². The Morgan fingerprint density at radius 2 is 1.56 bits per heavy atom. The molecule has 0 unspecified atom stereocenters. The predicted molar refractivity (Wildman–Crippen MR) is 129 cm³/mol. The largest absolute Gasteiger partial charge is 0.451 e. The minimum Gasteiger partial charge on any atom is -0.451 e. The molecule has 2 heterocycles. The first kappa shape index (κ1) is 28.6. The molecule has 39 heavy (non-hydrogen) atoms. The fraction of sp³-hybridized carbons (Fsp3) is 0.348. The Labute approximate surface area is 226 Å². The predicted octanol–water partition coefficient (Wildman–Crippen LogP) is 0.976. The van der Waals surface area contributed by atoms with Crippen LogP contribution in [0.3, 0.4) is 0 Å². The highest BCUT2D eigenvalue weighted by atomic mass is 35.5. The second-order valence-electron chi connectivity index (χ2n) is 8.54. The van der Waals surface area contributed by atoms with Crippen LogP contribution in [-0.2, 0) is 29.1 Å². The van der Waals surface area contributed by atoms with E-state index in [0.29, 0.717) is 21.5 Å². The summed E-state index contributed by atoms with van der Waals surface area (Å²) in [6, 6.07) is 4.91. The first-order valence-corrected chi connectivity index (χ1v) is 13.4. The molecule has 0 aliphatic carbocycles. The van der Waals surface area contributed by atoms with Crippen molar-refractivity contribution in [3.05, 3.63) is 53.1 Å². The van der Waals surface area contributed by atoms with Gasteiger partial charge in [0.05, 0.1) is 18.1 Å². The van der Waals surface area contributed by atoms with Gasteiger partial charge in [-0.3, -0.25) is 19.6 Å². The fourth-order valence-corrected chi connectivity index (χ4v) is 5.82. The number of morpholine rings is 1. The van der Waals surface area contributed by atoms with E-state index in [2.05, 4.69) is 0 Å². The Hall–Kier alpha value is -3.37. The summed E-state index contributed by atoms with van der Waals surface area (Å²) < 4.78 is 67.3. The quantitative estimate of drug-likeness (QED) is 0.299. The molecule has 2 N–H and O–H groups in total. The second-order valence-corrected chi connectivity index (χ2v) is 10.9. The van der Waals surface area contributed by atoms with Crippen molar-refractivity contribution < 1.29 is 46.3 Å². The van der Waals surface area contributed by atoms with Gasteiger partial charge in [-0.1, -0.05) is 11.6 Å². The van der Waals surface area contributed by atoms with E-state index in [4.69, 9.17) is 21.1 Å². The Balaban J connectivity index is 1.56. The van der Waals surface area contributed by atoms with Crippen molar-refractivity contribution in [2.24, 2.45) is 0 Å². The summed E-state index contributed by atoms with van der Waals surface area (Å²) in [6.45, 7) is -0.527. The fourth-order valence-electron chi connectivity index (χ4n) is 4.10. The van der Waals surface area contributed by atoms with E-state index >= 15 is 0 Å². The van der Waals surface area contributed by atoms with Gasteiger partial charge in [-0.05, 0) is 36.4 Å². The number of rotatable bonds is 5. The summed E-state index contributed by atoms with van der Waals surface area (Å²) in [7, 11) is -4.74. The van der Waals surface area contributed by atoms with Gasteiger partial charge in [-0.25, -0.2) is 22.7 Å². The highest BCUT2D eigenvalue weighted by Crippen LogP contribution is 2.32. The first-order valence-electron chi connectivity index (χ1n) is 11.6. The number of carbonyl (C=O) groups is 3. The van der Waals surface area contributed by atoms with Crippen molar-refractivity contribution in [1.29, 1.82) is 0 Å². The molecule has 0 bridgehead atoms. The SMILES string of the molecule is O=C(NO)[C@H]1CN(C(=O)C(=O)N2CCOCC2)CCN1S(=O)(=O)c1cc(F)c(Oc2ccc(Cl)cc2)c(F)c1. The molecule has 2 aliphatic heterocycles. The van der Waals surface area contributed by atoms with Gasteiger partial charge < -0.3 is 19.3 Å². The summed E-state index contributed by atoms with van der Waals surface area (Å²) >= 11 is 5.78. The van der Waals surface area contributed by atoms with Crippen LogP contribution in [0.1, 0.15) is 0 Å². The number of piperazine rings is 1. The van der Waals surface area contributed by atoms with Gasteiger partial charge in [-0.2, -0.15) is 4.31 Å². The monoisotopic (exact) mass is 588 g/mol. The molecule has 210 valence electrons. The Bertz CT molecular complexity index is 1350. The molecular formula is C23H23ClF2N4O8S. The number of sulfonamides is 1. The Kier molecular flexibility index (Phi) is 8.66. The zero-order valence-electron chi connectivity index (χ0n) is 20.2. The van der Waals surface area contributed by atoms with Crippen LogP contribution < -0.4 is 10.2 Å². The molecule has 0 spiro atoms. The average Bonchev–Trinajstić information content (AvgIpc) is 2.94. The van der Waals surface area contributed by atoms with Crippen LogP contribution >= 0.6 is 11.6 Å². The highest BCUT2D eigenvalue weighted by molar-refractivity contribution is 7.89. The zero-order valence-corrected chi connectivity index (χ0v) is 21.8. The van der Waals surface area contributed by atoms with E-state index in [1.807, 2.05) is 0 Å². The maximum absolute atomic E-state index is 14.8. The van der Waals surface area contributed by atoms with E-state index in [0.717, 1.165) is 4.90 Å². The van der Waals surface area contributed by atoms with Gasteiger partial charge in [0, 0.05) is 37.7 Å². The maximum atomic E-state index is 14.8. The van der Waals surface area contributed by atoms with Crippen LogP contribution in [0.4, 0.5) is 8.78 Å². The van der Waals surface area contributed by atoms with E-state index in [1.165, 1.54) is 34.6 Å². The van der Waals surface area contributed by atoms with Crippen molar-refractivity contribution >= 4 is 39.3 Å². The van der Waals surface area contributed by atoms with Crippen LogP contribution in [0.15, 0.2) is 41.3 Å². The van der Waals surface area contributed by atoms with E-state index in [9.17, 15) is 36.8 Å². The molecule has 0 aromatic heterocycles. The lowest BCUT2D eigenvalue weighted by Gasteiger charge is -2.39. The van der Waals surface area contributed by atoms with Crippen LogP contribution in [-0.4, -0.2) is 97.4 Å². The summed E-state index contributed by atoms with van der Waals surface area (Å²) in [4.78, 5) is 39.2. The molecule has 2 aromatic rings. The number of hydroxylamine groups is 1. The van der Waals surface area contributed by atoms with Crippen molar-refractivity contribution in [3.8, 4) is 11.5 Å². The lowest BCUT2D eigenvalue weighted by molar-refractivity contribution is -0.156. The van der Waals surface area contributed by atoms with Gasteiger partial charge in [-0.15, -0.1) is 0 Å². The summed E-state index contributed by atoms with van der Waals surface area (Å²) in [5.41, 5.74) is 1.33. The molecule has 16 heteroatoms. The van der Waals surface area contributed by atoms with E-state index < -0.39 is 69.2 Å². The molecule has 2 fully saturated rings. The Morgan fingerprint density at radius 3 is 2.15 bits per heavy atom. The third-order valence-corrected chi connectivity index (χ3v) is 8.26. The number of ether oxygens (including phenoxy) is 2. The maximum Gasteiger partial charge on any atom is 0.312 e. The number of hydrogen-bond donors (Lipinski definition) is 2. The summed E-state index contributed by atoms with van der Waals surface area (Å²) in [6.07, 6.45) is 0. The number of nitrogens with one attached hydrogen (secondary N) is 1. The highest BCUT2D eigenvalue weighted by Gasteiger charge is 2.43. The molecule has 12 nitrogen and oxygen atoms in total. The van der Waals surface area contributed by atoms with Crippen molar-refractivity contribution in [3.63, 3.8) is 0 Å². The molecule has 2 aromatic carbocycles. The number of amides is 3. The van der Waals surface area contributed by atoms with Gasteiger partial charge >= 0.3 is 11.8 Å². The second kappa shape index (κ2) is 11.8. The zero-order chi connectivity index (χ0) is 28.3. The van der Waals surface area contributed by atoms with Gasteiger partial charge in [0.1, 0.15) is 11.8 Å². The van der Waals surface area contributed by atoms with Gasteiger partial charge in [0.15, 0.2) is 17.4 Å². The van der Waals surface area contributed by atoms with Crippen molar-refractivity contribution in [2.75, 3.05) is 45.9 Å². The number of hydrogen-bond acceptors (Lipinski definition) is 8. The lowest BCUT2D eigenvalue weighted by atomic mass is 10.2. The lowest BCUT2D eigenvalue weighted by Crippen LogP contribution is -2.62. The average molecular weight is 589 g/mol. The van der Waals surface area contributed by atoms with Gasteiger partial charge in [0.2, 0.25) is 10.0 Å². The molecular weight excluding hydrogens is 566 g/mol. The molecule has 2 aliphatic rings. The molecule has 1 atom stereocenters. The van der Waals surface area contributed by atoms with Crippen molar-refractivity contribution in [2.45, 2.75) is 10.9 Å². The minimum atomic E-state index is -4.74. The number of carbonyl (C=O) groups excluding carboxylic acids is 3. The van der Waals surface area contributed by atoms with E-state index in [1.54, 1.807) is 0 Å². The van der Waals surface area contributed by atoms with Crippen LogP contribution in [0.2, 0.25) is 5.02 Å². The number of nitrogens with zero attached hydrogens (tertiary/aromatic N) is 3. The third kappa shape index (κ3) is 6.12. The normalized spacial score (nSPS) is 18.5. The van der Waals surface area contributed by atoms with Crippen LogP contribution in [0.5, 0.6) is 11.5 Å². The molecule has 2 saturated heterocycles. The smallest absolute Gasteiger partial charge is 0.312 e. The van der Waals surface area contributed by atoms with Crippen LogP contribution in [0.25, 0.3) is 0 Å². The number of benzene rings is 2. The minimum absolute atomic E-state index is 0.0416. The Morgan fingerprint density at radius 1 is 0.974 bits per heavy atom.